The summed E-state index contributed by atoms with van der Waals surface area (Å²) in [6, 6.07) is 17.6. The maximum Gasteiger partial charge on any atom is 0.0511 e. The first kappa shape index (κ1) is 14.1. The van der Waals surface area contributed by atoms with Gasteiger partial charge in [-0.25, -0.2) is 0 Å². The van der Waals surface area contributed by atoms with Crippen molar-refractivity contribution in [1.29, 1.82) is 0 Å². The van der Waals surface area contributed by atoms with Crippen LogP contribution >= 0.6 is 15.9 Å². The minimum absolute atomic E-state index is 0.368. The molecule has 1 nitrogen and oxygen atoms in total. The molecule has 1 N–H and O–H groups in total. The van der Waals surface area contributed by atoms with E-state index in [0.717, 1.165) is 23.0 Å². The minimum atomic E-state index is 0.368. The van der Waals surface area contributed by atoms with Crippen molar-refractivity contribution >= 4 is 21.6 Å². The molecule has 0 aliphatic rings. The number of nitrogens with one attached hydrogen (secondary N) is 1. The van der Waals surface area contributed by atoms with Crippen LogP contribution in [0.15, 0.2) is 53.0 Å². The van der Waals surface area contributed by atoms with Gasteiger partial charge in [-0.2, -0.15) is 0 Å². The second-order valence-corrected chi connectivity index (χ2v) is 5.62. The van der Waals surface area contributed by atoms with E-state index in [1.54, 1.807) is 0 Å². The van der Waals surface area contributed by atoms with Crippen LogP contribution in [0.4, 0.5) is 5.69 Å². The SMILES string of the molecule is CCc1ccc(C(CC)Nc2ccc(Br)cc2)cc1. The Morgan fingerprint density at radius 2 is 1.58 bits per heavy atom. The van der Waals surface area contributed by atoms with E-state index in [4.69, 9.17) is 0 Å². The van der Waals surface area contributed by atoms with Crippen LogP contribution in [0.2, 0.25) is 0 Å². The first-order valence-corrected chi connectivity index (χ1v) is 7.63. The maximum atomic E-state index is 3.59. The van der Waals surface area contributed by atoms with Gasteiger partial charge in [0.2, 0.25) is 0 Å². The summed E-state index contributed by atoms with van der Waals surface area (Å²) < 4.78 is 1.11. The number of rotatable bonds is 5. The van der Waals surface area contributed by atoms with Crippen molar-refractivity contribution in [3.05, 3.63) is 64.1 Å². The highest BCUT2D eigenvalue weighted by molar-refractivity contribution is 9.10. The molecule has 2 rings (SSSR count). The molecule has 2 heteroatoms. The summed E-state index contributed by atoms with van der Waals surface area (Å²) in [5.41, 5.74) is 3.90. The number of halogens is 1. The molecule has 1 atom stereocenters. The molecule has 0 saturated carbocycles. The zero-order chi connectivity index (χ0) is 13.7. The smallest absolute Gasteiger partial charge is 0.0511 e. The summed E-state index contributed by atoms with van der Waals surface area (Å²) in [5.74, 6) is 0. The van der Waals surface area contributed by atoms with Crippen LogP contribution in [0.25, 0.3) is 0 Å². The summed E-state index contributed by atoms with van der Waals surface area (Å²) in [4.78, 5) is 0. The molecule has 0 aliphatic carbocycles. The Balaban J connectivity index is 2.12. The van der Waals surface area contributed by atoms with Crippen LogP contribution in [0, 0.1) is 0 Å². The summed E-state index contributed by atoms with van der Waals surface area (Å²) >= 11 is 3.46. The molecule has 0 radical (unpaired) electrons. The van der Waals surface area contributed by atoms with Crippen LogP contribution in [-0.4, -0.2) is 0 Å². The van der Waals surface area contributed by atoms with E-state index in [1.807, 2.05) is 0 Å². The fraction of sp³-hybridized carbons (Fsp3) is 0.294. The molecule has 0 amide bonds. The second kappa shape index (κ2) is 6.76. The highest BCUT2D eigenvalue weighted by Gasteiger charge is 2.08. The fourth-order valence-electron chi connectivity index (χ4n) is 2.15. The summed E-state index contributed by atoms with van der Waals surface area (Å²) in [5, 5.41) is 3.59. The molecule has 0 heterocycles. The molecule has 0 spiro atoms. The third-order valence-electron chi connectivity index (χ3n) is 3.38. The predicted octanol–water partition coefficient (Wildman–Crippen LogP) is 5.57. The number of anilines is 1. The van der Waals surface area contributed by atoms with E-state index >= 15 is 0 Å². The molecule has 2 aromatic rings. The summed E-state index contributed by atoms with van der Waals surface area (Å²) in [6.45, 7) is 4.40. The number of benzene rings is 2. The molecule has 100 valence electrons. The molecule has 0 fully saturated rings. The van der Waals surface area contributed by atoms with E-state index in [1.165, 1.54) is 11.1 Å². The van der Waals surface area contributed by atoms with Crippen LogP contribution in [0.1, 0.15) is 37.4 Å². The largest absolute Gasteiger partial charge is 0.378 e. The predicted molar refractivity (Wildman–Crippen MR) is 86.6 cm³/mol. The van der Waals surface area contributed by atoms with Crippen LogP contribution in [0.3, 0.4) is 0 Å². The van der Waals surface area contributed by atoms with Gasteiger partial charge in [0, 0.05) is 10.2 Å². The zero-order valence-corrected chi connectivity index (χ0v) is 13.1. The van der Waals surface area contributed by atoms with Crippen molar-refractivity contribution in [2.75, 3.05) is 5.32 Å². The lowest BCUT2D eigenvalue weighted by atomic mass is 10.0. The normalized spacial score (nSPS) is 12.2. The van der Waals surface area contributed by atoms with Crippen LogP contribution < -0.4 is 5.32 Å². The van der Waals surface area contributed by atoms with Gasteiger partial charge in [-0.1, -0.05) is 54.0 Å². The maximum absolute atomic E-state index is 3.59. The van der Waals surface area contributed by atoms with Crippen molar-refractivity contribution in [1.82, 2.24) is 0 Å². The van der Waals surface area contributed by atoms with E-state index in [2.05, 4.69) is 83.6 Å². The molecule has 0 saturated heterocycles. The molecule has 2 aromatic carbocycles. The lowest BCUT2D eigenvalue weighted by Crippen LogP contribution is -2.09. The molecular formula is C17H20BrN. The van der Waals surface area contributed by atoms with Crippen LogP contribution in [0.5, 0.6) is 0 Å². The third kappa shape index (κ3) is 3.84. The van der Waals surface area contributed by atoms with Crippen molar-refractivity contribution in [3.63, 3.8) is 0 Å². The summed E-state index contributed by atoms with van der Waals surface area (Å²) in [7, 11) is 0. The molecule has 0 aromatic heterocycles. The van der Waals surface area contributed by atoms with E-state index in [-0.39, 0.29) is 0 Å². The molecule has 0 bridgehead atoms. The Labute approximate surface area is 124 Å². The van der Waals surface area contributed by atoms with Gasteiger partial charge >= 0.3 is 0 Å². The highest BCUT2D eigenvalue weighted by Crippen LogP contribution is 2.24. The molecule has 19 heavy (non-hydrogen) atoms. The van der Waals surface area contributed by atoms with Gasteiger partial charge < -0.3 is 5.32 Å². The Morgan fingerprint density at radius 3 is 2.11 bits per heavy atom. The first-order chi connectivity index (χ1) is 9.22. The van der Waals surface area contributed by atoms with Gasteiger partial charge in [-0.05, 0) is 48.2 Å². The van der Waals surface area contributed by atoms with Gasteiger partial charge in [0.25, 0.3) is 0 Å². The van der Waals surface area contributed by atoms with Gasteiger partial charge in [0.15, 0.2) is 0 Å². The lowest BCUT2D eigenvalue weighted by molar-refractivity contribution is 0.749. The van der Waals surface area contributed by atoms with Crippen molar-refractivity contribution in [2.45, 2.75) is 32.7 Å². The van der Waals surface area contributed by atoms with Gasteiger partial charge in [-0.3, -0.25) is 0 Å². The van der Waals surface area contributed by atoms with Gasteiger partial charge in [0.05, 0.1) is 6.04 Å². The first-order valence-electron chi connectivity index (χ1n) is 6.84. The monoisotopic (exact) mass is 317 g/mol. The zero-order valence-electron chi connectivity index (χ0n) is 11.5. The Morgan fingerprint density at radius 1 is 0.947 bits per heavy atom. The van der Waals surface area contributed by atoms with Crippen LogP contribution in [-0.2, 0) is 6.42 Å². The van der Waals surface area contributed by atoms with Crippen molar-refractivity contribution < 1.29 is 0 Å². The summed E-state index contributed by atoms with van der Waals surface area (Å²) in [6.07, 6.45) is 2.17. The van der Waals surface area contributed by atoms with Crippen molar-refractivity contribution in [2.24, 2.45) is 0 Å². The molecule has 1 unspecified atom stereocenters. The highest BCUT2D eigenvalue weighted by atomic mass is 79.9. The Bertz CT molecular complexity index is 502. The molecular weight excluding hydrogens is 298 g/mol. The average molecular weight is 318 g/mol. The van der Waals surface area contributed by atoms with Gasteiger partial charge in [0.1, 0.15) is 0 Å². The third-order valence-corrected chi connectivity index (χ3v) is 3.91. The standard InChI is InChI=1S/C17H20BrN/c1-3-13-5-7-14(8-6-13)17(4-2)19-16-11-9-15(18)10-12-16/h5-12,17,19H,3-4H2,1-2H3. The number of hydrogen-bond donors (Lipinski definition) is 1. The van der Waals surface area contributed by atoms with Gasteiger partial charge in [-0.15, -0.1) is 0 Å². The van der Waals surface area contributed by atoms with E-state index in [9.17, 15) is 0 Å². The lowest BCUT2D eigenvalue weighted by Gasteiger charge is -2.19. The second-order valence-electron chi connectivity index (χ2n) is 4.71. The fourth-order valence-corrected chi connectivity index (χ4v) is 2.42. The number of hydrogen-bond acceptors (Lipinski definition) is 1. The Hall–Kier alpha value is -1.28. The quantitative estimate of drug-likeness (QED) is 0.759. The van der Waals surface area contributed by atoms with Crippen molar-refractivity contribution in [3.8, 4) is 0 Å². The molecule has 0 aliphatic heterocycles. The number of aryl methyl sites for hydroxylation is 1. The topological polar surface area (TPSA) is 12.0 Å². The average Bonchev–Trinajstić information content (AvgIpc) is 2.47. The van der Waals surface area contributed by atoms with E-state index in [0.29, 0.717) is 6.04 Å². The van der Waals surface area contributed by atoms with E-state index < -0.39 is 0 Å². The minimum Gasteiger partial charge on any atom is -0.378 e. The Kier molecular flexibility index (Phi) is 5.03.